The Balaban J connectivity index is 2.00. The normalized spacial score (nSPS) is 16.0. The van der Waals surface area contributed by atoms with Crippen molar-refractivity contribution in [1.29, 1.82) is 5.26 Å². The van der Waals surface area contributed by atoms with E-state index < -0.39 is 0 Å². The van der Waals surface area contributed by atoms with Crippen LogP contribution in [0.15, 0.2) is 18.2 Å². The van der Waals surface area contributed by atoms with E-state index in [-0.39, 0.29) is 5.82 Å². The minimum absolute atomic E-state index is 0.358. The van der Waals surface area contributed by atoms with Crippen molar-refractivity contribution in [2.75, 3.05) is 11.9 Å². The van der Waals surface area contributed by atoms with E-state index in [0.717, 1.165) is 12.2 Å². The third-order valence-corrected chi connectivity index (χ3v) is 3.16. The predicted molar refractivity (Wildman–Crippen MR) is 61.6 cm³/mol. The lowest BCUT2D eigenvalue weighted by atomic mass is 10.1. The van der Waals surface area contributed by atoms with Crippen LogP contribution in [0.2, 0.25) is 0 Å². The molecule has 0 unspecified atom stereocenters. The van der Waals surface area contributed by atoms with Gasteiger partial charge in [-0.05, 0) is 37.0 Å². The molecule has 2 nitrogen and oxygen atoms in total. The van der Waals surface area contributed by atoms with Gasteiger partial charge in [-0.3, -0.25) is 0 Å². The van der Waals surface area contributed by atoms with Gasteiger partial charge in [-0.2, -0.15) is 5.26 Å². The molecule has 0 spiro atoms. The number of nitrogens with one attached hydrogen (secondary N) is 1. The molecule has 1 aromatic carbocycles. The fourth-order valence-corrected chi connectivity index (χ4v) is 2.23. The molecule has 0 amide bonds. The maximum atomic E-state index is 12.9. The molecular formula is C13H15FN2. The number of nitrogens with zero attached hydrogens (tertiary/aromatic N) is 1. The van der Waals surface area contributed by atoms with Gasteiger partial charge in [0.15, 0.2) is 0 Å². The van der Waals surface area contributed by atoms with Gasteiger partial charge in [0, 0.05) is 6.54 Å². The lowest BCUT2D eigenvalue weighted by Crippen LogP contribution is -2.11. The van der Waals surface area contributed by atoms with Gasteiger partial charge in [-0.1, -0.05) is 12.8 Å². The van der Waals surface area contributed by atoms with Crippen molar-refractivity contribution in [3.05, 3.63) is 29.6 Å². The number of halogens is 1. The molecule has 0 heterocycles. The molecule has 1 N–H and O–H groups in total. The highest BCUT2D eigenvalue weighted by atomic mass is 19.1. The summed E-state index contributed by atoms with van der Waals surface area (Å²) >= 11 is 0. The summed E-state index contributed by atoms with van der Waals surface area (Å²) in [6, 6.07) is 6.31. The first-order chi connectivity index (χ1) is 7.79. The lowest BCUT2D eigenvalue weighted by Gasteiger charge is -2.12. The number of anilines is 1. The number of hydrogen-bond acceptors (Lipinski definition) is 2. The molecule has 1 fully saturated rings. The Morgan fingerprint density at radius 2 is 2.12 bits per heavy atom. The molecule has 0 aromatic heterocycles. The van der Waals surface area contributed by atoms with Gasteiger partial charge in [-0.25, -0.2) is 4.39 Å². The van der Waals surface area contributed by atoms with E-state index in [4.69, 9.17) is 5.26 Å². The van der Waals surface area contributed by atoms with Crippen LogP contribution in [-0.2, 0) is 0 Å². The highest BCUT2D eigenvalue weighted by Gasteiger charge is 2.15. The van der Waals surface area contributed by atoms with Gasteiger partial charge in [0.25, 0.3) is 0 Å². The van der Waals surface area contributed by atoms with E-state index in [2.05, 4.69) is 5.32 Å². The summed E-state index contributed by atoms with van der Waals surface area (Å²) in [6.45, 7) is 0.889. The average Bonchev–Trinajstić information content (AvgIpc) is 2.80. The molecule has 0 saturated heterocycles. The van der Waals surface area contributed by atoms with Crippen molar-refractivity contribution >= 4 is 5.69 Å². The summed E-state index contributed by atoms with van der Waals surface area (Å²) < 4.78 is 12.9. The SMILES string of the molecule is N#Cc1cc(F)ccc1NCC1CCCC1. The van der Waals surface area contributed by atoms with Gasteiger partial charge < -0.3 is 5.32 Å². The Labute approximate surface area is 95.1 Å². The molecule has 0 radical (unpaired) electrons. The zero-order valence-corrected chi connectivity index (χ0v) is 9.17. The van der Waals surface area contributed by atoms with Gasteiger partial charge in [-0.15, -0.1) is 0 Å². The Morgan fingerprint density at radius 3 is 2.81 bits per heavy atom. The topological polar surface area (TPSA) is 35.8 Å². The largest absolute Gasteiger partial charge is 0.384 e. The Kier molecular flexibility index (Phi) is 3.40. The minimum Gasteiger partial charge on any atom is -0.384 e. The van der Waals surface area contributed by atoms with E-state index >= 15 is 0 Å². The second-order valence-electron chi connectivity index (χ2n) is 4.33. The molecule has 1 aliphatic rings. The van der Waals surface area contributed by atoms with Crippen LogP contribution in [0.4, 0.5) is 10.1 Å². The maximum absolute atomic E-state index is 12.9. The monoisotopic (exact) mass is 218 g/mol. The summed E-state index contributed by atoms with van der Waals surface area (Å²) in [5.41, 5.74) is 1.13. The summed E-state index contributed by atoms with van der Waals surface area (Å²) in [5.74, 6) is 0.347. The number of nitriles is 1. The van der Waals surface area contributed by atoms with Gasteiger partial charge in [0.1, 0.15) is 11.9 Å². The second-order valence-corrected chi connectivity index (χ2v) is 4.33. The first kappa shape index (κ1) is 10.9. The van der Waals surface area contributed by atoms with E-state index in [9.17, 15) is 4.39 Å². The maximum Gasteiger partial charge on any atom is 0.124 e. The fourth-order valence-electron chi connectivity index (χ4n) is 2.23. The van der Waals surface area contributed by atoms with Crippen molar-refractivity contribution in [3.8, 4) is 6.07 Å². The van der Waals surface area contributed by atoms with Crippen molar-refractivity contribution in [2.24, 2.45) is 5.92 Å². The van der Waals surface area contributed by atoms with Crippen LogP contribution in [-0.4, -0.2) is 6.54 Å². The molecule has 16 heavy (non-hydrogen) atoms. The molecule has 1 aromatic rings. The van der Waals surface area contributed by atoms with E-state index in [0.29, 0.717) is 11.5 Å². The molecular weight excluding hydrogens is 203 g/mol. The van der Waals surface area contributed by atoms with Crippen molar-refractivity contribution in [3.63, 3.8) is 0 Å². The summed E-state index contributed by atoms with van der Waals surface area (Å²) in [4.78, 5) is 0. The van der Waals surface area contributed by atoms with Crippen molar-refractivity contribution in [2.45, 2.75) is 25.7 Å². The standard InChI is InChI=1S/C13H15FN2/c14-12-5-6-13(11(7-12)8-15)16-9-10-3-1-2-4-10/h5-7,10,16H,1-4,9H2. The van der Waals surface area contributed by atoms with E-state index in [1.54, 1.807) is 6.07 Å². The zero-order valence-electron chi connectivity index (χ0n) is 9.17. The Hall–Kier alpha value is -1.56. The second kappa shape index (κ2) is 4.98. The van der Waals surface area contributed by atoms with Gasteiger partial charge in [0.2, 0.25) is 0 Å². The lowest BCUT2D eigenvalue weighted by molar-refractivity contribution is 0.579. The smallest absolute Gasteiger partial charge is 0.124 e. The summed E-state index contributed by atoms with van der Waals surface area (Å²) in [5, 5.41) is 12.1. The average molecular weight is 218 g/mol. The highest BCUT2D eigenvalue weighted by Crippen LogP contribution is 2.25. The van der Waals surface area contributed by atoms with E-state index in [1.807, 2.05) is 6.07 Å². The number of benzene rings is 1. The Bertz CT molecular complexity index is 403. The van der Waals surface area contributed by atoms with Crippen LogP contribution >= 0.6 is 0 Å². The van der Waals surface area contributed by atoms with Gasteiger partial charge in [0.05, 0.1) is 11.3 Å². The quantitative estimate of drug-likeness (QED) is 0.844. The van der Waals surface area contributed by atoms with Crippen LogP contribution in [0.25, 0.3) is 0 Å². The van der Waals surface area contributed by atoms with Crippen LogP contribution < -0.4 is 5.32 Å². The Morgan fingerprint density at radius 1 is 1.38 bits per heavy atom. The molecule has 84 valence electrons. The molecule has 1 saturated carbocycles. The van der Waals surface area contributed by atoms with Crippen molar-refractivity contribution in [1.82, 2.24) is 0 Å². The third kappa shape index (κ3) is 2.52. The molecule has 0 aliphatic heterocycles. The number of rotatable bonds is 3. The van der Waals surface area contributed by atoms with Crippen molar-refractivity contribution < 1.29 is 4.39 Å². The summed E-state index contributed by atoms with van der Waals surface area (Å²) in [7, 11) is 0. The van der Waals surface area contributed by atoms with Gasteiger partial charge >= 0.3 is 0 Å². The zero-order chi connectivity index (χ0) is 11.4. The third-order valence-electron chi connectivity index (χ3n) is 3.16. The number of hydrogen-bond donors (Lipinski definition) is 1. The predicted octanol–water partition coefficient (Wildman–Crippen LogP) is 3.30. The fraction of sp³-hybridized carbons (Fsp3) is 0.462. The minimum atomic E-state index is -0.358. The van der Waals surface area contributed by atoms with E-state index in [1.165, 1.54) is 37.8 Å². The molecule has 0 atom stereocenters. The highest BCUT2D eigenvalue weighted by molar-refractivity contribution is 5.57. The first-order valence-electron chi connectivity index (χ1n) is 5.73. The first-order valence-corrected chi connectivity index (χ1v) is 5.73. The molecule has 0 bridgehead atoms. The van der Waals surface area contributed by atoms with Crippen LogP contribution in [0.5, 0.6) is 0 Å². The van der Waals surface area contributed by atoms with Crippen LogP contribution in [0, 0.1) is 23.1 Å². The molecule has 1 aliphatic carbocycles. The van der Waals surface area contributed by atoms with Crippen LogP contribution in [0.3, 0.4) is 0 Å². The molecule has 2 rings (SSSR count). The van der Waals surface area contributed by atoms with Crippen LogP contribution in [0.1, 0.15) is 31.2 Å². The molecule has 3 heteroatoms. The summed E-state index contributed by atoms with van der Waals surface area (Å²) in [6.07, 6.45) is 5.13.